The smallest absolute Gasteiger partial charge is 0.0574 e. The Morgan fingerprint density at radius 2 is 1.81 bits per heavy atom. The van der Waals surface area contributed by atoms with Crippen LogP contribution >= 0.6 is 27.5 Å². The standard InChI is InChI=1S/C18H21BrClN/c1-12(2)9-13-5-4-6-14(10-13)18(21-3)15-7-8-16(19)17(20)11-15/h4-8,10-12,18,21H,9H2,1-3H3. The predicted octanol–water partition coefficient (Wildman–Crippen LogP) is 5.61. The van der Waals surface area contributed by atoms with Gasteiger partial charge in [-0.25, -0.2) is 0 Å². The number of hydrogen-bond acceptors (Lipinski definition) is 1. The number of halogens is 2. The number of nitrogens with one attached hydrogen (secondary N) is 1. The highest BCUT2D eigenvalue weighted by molar-refractivity contribution is 9.10. The van der Waals surface area contributed by atoms with E-state index in [0.29, 0.717) is 5.92 Å². The van der Waals surface area contributed by atoms with E-state index in [1.165, 1.54) is 16.7 Å². The van der Waals surface area contributed by atoms with Crippen LogP contribution in [0, 0.1) is 5.92 Å². The van der Waals surface area contributed by atoms with Crippen molar-refractivity contribution in [1.29, 1.82) is 0 Å². The Bertz CT molecular complexity index is 610. The molecule has 3 heteroatoms. The molecule has 1 atom stereocenters. The van der Waals surface area contributed by atoms with E-state index in [4.69, 9.17) is 11.6 Å². The number of rotatable bonds is 5. The fourth-order valence-electron chi connectivity index (χ4n) is 2.59. The molecule has 2 aromatic carbocycles. The van der Waals surface area contributed by atoms with E-state index in [-0.39, 0.29) is 6.04 Å². The Morgan fingerprint density at radius 3 is 2.43 bits per heavy atom. The Hall–Kier alpha value is -0.830. The van der Waals surface area contributed by atoms with Crippen LogP contribution in [0.4, 0.5) is 0 Å². The quantitative estimate of drug-likeness (QED) is 0.725. The van der Waals surface area contributed by atoms with E-state index in [2.05, 4.69) is 65.4 Å². The van der Waals surface area contributed by atoms with Crippen LogP contribution in [0.15, 0.2) is 46.9 Å². The summed E-state index contributed by atoms with van der Waals surface area (Å²) >= 11 is 9.67. The Balaban J connectivity index is 2.34. The molecule has 0 aliphatic heterocycles. The third-order valence-electron chi connectivity index (χ3n) is 3.49. The van der Waals surface area contributed by atoms with E-state index in [0.717, 1.165) is 15.9 Å². The summed E-state index contributed by atoms with van der Waals surface area (Å²) < 4.78 is 0.927. The minimum Gasteiger partial charge on any atom is -0.309 e. The van der Waals surface area contributed by atoms with Gasteiger partial charge in [0.1, 0.15) is 0 Å². The van der Waals surface area contributed by atoms with Crippen molar-refractivity contribution in [2.45, 2.75) is 26.3 Å². The topological polar surface area (TPSA) is 12.0 Å². The van der Waals surface area contributed by atoms with Crippen molar-refractivity contribution in [3.05, 3.63) is 68.7 Å². The first-order chi connectivity index (χ1) is 10.0. The van der Waals surface area contributed by atoms with Crippen LogP contribution in [0.1, 0.15) is 36.6 Å². The lowest BCUT2D eigenvalue weighted by molar-refractivity contribution is 0.643. The molecule has 0 bridgehead atoms. The van der Waals surface area contributed by atoms with E-state index in [1.54, 1.807) is 0 Å². The molecular weight excluding hydrogens is 346 g/mol. The molecule has 0 spiro atoms. The largest absolute Gasteiger partial charge is 0.309 e. The summed E-state index contributed by atoms with van der Waals surface area (Å²) in [6, 6.07) is 15.1. The van der Waals surface area contributed by atoms with Gasteiger partial charge in [0.05, 0.1) is 11.1 Å². The molecule has 1 unspecified atom stereocenters. The van der Waals surface area contributed by atoms with Gasteiger partial charge in [0.15, 0.2) is 0 Å². The summed E-state index contributed by atoms with van der Waals surface area (Å²) in [7, 11) is 1.98. The van der Waals surface area contributed by atoms with Gasteiger partial charge in [-0.05, 0) is 64.1 Å². The predicted molar refractivity (Wildman–Crippen MR) is 95.0 cm³/mol. The molecule has 0 aliphatic rings. The minimum absolute atomic E-state index is 0.155. The zero-order valence-corrected chi connectivity index (χ0v) is 15.0. The van der Waals surface area contributed by atoms with Crippen molar-refractivity contribution >= 4 is 27.5 Å². The molecule has 21 heavy (non-hydrogen) atoms. The average molecular weight is 367 g/mol. The summed E-state index contributed by atoms with van der Waals surface area (Å²) in [5, 5.41) is 4.13. The molecule has 0 amide bonds. The molecule has 0 radical (unpaired) electrons. The lowest BCUT2D eigenvalue weighted by atomic mass is 9.95. The summed E-state index contributed by atoms with van der Waals surface area (Å²) in [4.78, 5) is 0. The summed E-state index contributed by atoms with van der Waals surface area (Å²) in [6.45, 7) is 4.49. The molecule has 0 heterocycles. The van der Waals surface area contributed by atoms with Crippen LogP contribution in [0.25, 0.3) is 0 Å². The van der Waals surface area contributed by atoms with Gasteiger partial charge >= 0.3 is 0 Å². The first-order valence-corrected chi connectivity index (χ1v) is 8.39. The van der Waals surface area contributed by atoms with Crippen molar-refractivity contribution in [3.8, 4) is 0 Å². The molecule has 0 fully saturated rings. The Labute approximate surface area is 140 Å². The molecule has 1 nitrogen and oxygen atoms in total. The van der Waals surface area contributed by atoms with Gasteiger partial charge in [-0.3, -0.25) is 0 Å². The molecule has 0 aliphatic carbocycles. The first-order valence-electron chi connectivity index (χ1n) is 7.22. The monoisotopic (exact) mass is 365 g/mol. The van der Waals surface area contributed by atoms with Crippen molar-refractivity contribution < 1.29 is 0 Å². The molecule has 112 valence electrons. The highest BCUT2D eigenvalue weighted by Crippen LogP contribution is 2.29. The van der Waals surface area contributed by atoms with Gasteiger partial charge in [0.2, 0.25) is 0 Å². The van der Waals surface area contributed by atoms with Crippen LogP contribution in [0.3, 0.4) is 0 Å². The molecule has 0 aromatic heterocycles. The van der Waals surface area contributed by atoms with Crippen molar-refractivity contribution in [3.63, 3.8) is 0 Å². The molecule has 0 saturated carbocycles. The third-order valence-corrected chi connectivity index (χ3v) is 4.73. The normalized spacial score (nSPS) is 12.7. The first kappa shape index (κ1) is 16.5. The van der Waals surface area contributed by atoms with Gasteiger partial charge in [-0.15, -0.1) is 0 Å². The lowest BCUT2D eigenvalue weighted by Crippen LogP contribution is -2.18. The van der Waals surface area contributed by atoms with Crippen LogP contribution < -0.4 is 5.32 Å². The molecular formula is C18H21BrClN. The van der Waals surface area contributed by atoms with Crippen LogP contribution in [0.5, 0.6) is 0 Å². The van der Waals surface area contributed by atoms with E-state index in [1.807, 2.05) is 19.2 Å². The van der Waals surface area contributed by atoms with E-state index >= 15 is 0 Å². The molecule has 1 N–H and O–H groups in total. The second-order valence-electron chi connectivity index (χ2n) is 5.74. The van der Waals surface area contributed by atoms with Crippen LogP contribution in [-0.4, -0.2) is 7.05 Å². The van der Waals surface area contributed by atoms with E-state index in [9.17, 15) is 0 Å². The zero-order chi connectivity index (χ0) is 15.4. The second kappa shape index (κ2) is 7.44. The second-order valence-corrected chi connectivity index (χ2v) is 7.00. The molecule has 2 aromatic rings. The van der Waals surface area contributed by atoms with Crippen molar-refractivity contribution in [2.24, 2.45) is 5.92 Å². The lowest BCUT2D eigenvalue weighted by Gasteiger charge is -2.19. The SMILES string of the molecule is CNC(c1cccc(CC(C)C)c1)c1ccc(Br)c(Cl)c1. The molecule has 0 saturated heterocycles. The fraction of sp³-hybridized carbons (Fsp3) is 0.333. The van der Waals surface area contributed by atoms with E-state index < -0.39 is 0 Å². The van der Waals surface area contributed by atoms with Gasteiger partial charge in [0.25, 0.3) is 0 Å². The highest BCUT2D eigenvalue weighted by Gasteiger charge is 2.14. The maximum Gasteiger partial charge on any atom is 0.0574 e. The summed E-state index contributed by atoms with van der Waals surface area (Å²) in [5.41, 5.74) is 3.83. The highest BCUT2D eigenvalue weighted by atomic mass is 79.9. The van der Waals surface area contributed by atoms with Gasteiger partial charge in [0, 0.05) is 4.47 Å². The van der Waals surface area contributed by atoms with Gasteiger partial charge in [-0.1, -0.05) is 55.8 Å². The summed E-state index contributed by atoms with van der Waals surface area (Å²) in [5.74, 6) is 0.662. The third kappa shape index (κ3) is 4.32. The number of hydrogen-bond donors (Lipinski definition) is 1. The van der Waals surface area contributed by atoms with Crippen LogP contribution in [-0.2, 0) is 6.42 Å². The van der Waals surface area contributed by atoms with Gasteiger partial charge < -0.3 is 5.32 Å². The minimum atomic E-state index is 0.155. The average Bonchev–Trinajstić information content (AvgIpc) is 2.43. The maximum atomic E-state index is 6.23. The Kier molecular flexibility index (Phi) is 5.86. The summed E-state index contributed by atoms with van der Waals surface area (Å²) in [6.07, 6.45) is 1.10. The van der Waals surface area contributed by atoms with Crippen molar-refractivity contribution in [2.75, 3.05) is 7.05 Å². The molecule has 2 rings (SSSR count). The maximum absolute atomic E-state index is 6.23. The van der Waals surface area contributed by atoms with Crippen molar-refractivity contribution in [1.82, 2.24) is 5.32 Å². The number of benzene rings is 2. The Morgan fingerprint density at radius 1 is 1.10 bits per heavy atom. The van der Waals surface area contributed by atoms with Crippen LogP contribution in [0.2, 0.25) is 5.02 Å². The zero-order valence-electron chi connectivity index (χ0n) is 12.7. The van der Waals surface area contributed by atoms with Gasteiger partial charge in [-0.2, -0.15) is 0 Å². The fourth-order valence-corrected chi connectivity index (χ4v) is 3.02.